The SMILES string of the molecule is CN1C(=O)Cc2ccccc2C1C(=O)NCc1ccccc1Cl. The summed E-state index contributed by atoms with van der Waals surface area (Å²) in [7, 11) is 1.66. The highest BCUT2D eigenvalue weighted by molar-refractivity contribution is 6.31. The Kier molecular flexibility index (Phi) is 4.35. The van der Waals surface area contributed by atoms with Crippen LogP contribution >= 0.6 is 11.6 Å². The summed E-state index contributed by atoms with van der Waals surface area (Å²) in [6.45, 7) is 0.333. The van der Waals surface area contributed by atoms with Gasteiger partial charge in [-0.25, -0.2) is 0 Å². The fraction of sp³-hybridized carbons (Fsp3) is 0.222. The van der Waals surface area contributed by atoms with Gasteiger partial charge in [-0.15, -0.1) is 0 Å². The predicted octanol–water partition coefficient (Wildman–Crippen LogP) is 2.71. The Morgan fingerprint density at radius 2 is 1.91 bits per heavy atom. The summed E-state index contributed by atoms with van der Waals surface area (Å²) in [5.74, 6) is -0.255. The lowest BCUT2D eigenvalue weighted by atomic mass is 9.92. The zero-order valence-corrected chi connectivity index (χ0v) is 13.5. The van der Waals surface area contributed by atoms with Crippen LogP contribution in [0.3, 0.4) is 0 Å². The highest BCUT2D eigenvalue weighted by atomic mass is 35.5. The van der Waals surface area contributed by atoms with Gasteiger partial charge in [0.2, 0.25) is 11.8 Å². The first-order chi connectivity index (χ1) is 11.1. The van der Waals surface area contributed by atoms with Crippen LogP contribution in [0.2, 0.25) is 5.02 Å². The number of amides is 2. The largest absolute Gasteiger partial charge is 0.350 e. The van der Waals surface area contributed by atoms with Gasteiger partial charge in [0, 0.05) is 18.6 Å². The summed E-state index contributed by atoms with van der Waals surface area (Å²) in [5.41, 5.74) is 2.64. The van der Waals surface area contributed by atoms with Crippen molar-refractivity contribution in [3.8, 4) is 0 Å². The zero-order chi connectivity index (χ0) is 16.4. The van der Waals surface area contributed by atoms with Crippen molar-refractivity contribution in [2.45, 2.75) is 19.0 Å². The maximum Gasteiger partial charge on any atom is 0.247 e. The molecule has 0 aromatic heterocycles. The molecule has 3 rings (SSSR count). The number of carbonyl (C=O) groups is 2. The second-order valence-corrected chi connectivity index (χ2v) is 6.00. The number of benzene rings is 2. The van der Waals surface area contributed by atoms with E-state index in [0.29, 0.717) is 18.0 Å². The molecule has 1 heterocycles. The highest BCUT2D eigenvalue weighted by Crippen LogP contribution is 2.29. The smallest absolute Gasteiger partial charge is 0.247 e. The van der Waals surface area contributed by atoms with Gasteiger partial charge >= 0.3 is 0 Å². The number of fused-ring (bicyclic) bond motifs is 1. The third-order valence-electron chi connectivity index (χ3n) is 4.13. The molecule has 1 aliphatic rings. The summed E-state index contributed by atoms with van der Waals surface area (Å²) in [4.78, 5) is 26.3. The molecular weight excluding hydrogens is 312 g/mol. The Morgan fingerprint density at radius 1 is 1.22 bits per heavy atom. The number of rotatable bonds is 3. The first-order valence-corrected chi connectivity index (χ1v) is 7.80. The van der Waals surface area contributed by atoms with Crippen LogP contribution in [0.5, 0.6) is 0 Å². The third-order valence-corrected chi connectivity index (χ3v) is 4.50. The zero-order valence-electron chi connectivity index (χ0n) is 12.8. The standard InChI is InChI=1S/C18H17ClN2O2/c1-21-16(22)10-12-6-2-4-8-14(12)17(21)18(23)20-11-13-7-3-5-9-15(13)19/h2-9,17H,10-11H2,1H3,(H,20,23). The van der Waals surface area contributed by atoms with E-state index in [-0.39, 0.29) is 11.8 Å². The topological polar surface area (TPSA) is 49.4 Å². The number of nitrogens with one attached hydrogen (secondary N) is 1. The first kappa shape index (κ1) is 15.6. The van der Waals surface area contributed by atoms with Crippen LogP contribution in [-0.2, 0) is 22.6 Å². The predicted molar refractivity (Wildman–Crippen MR) is 89.0 cm³/mol. The van der Waals surface area contributed by atoms with E-state index in [1.165, 1.54) is 4.90 Å². The Morgan fingerprint density at radius 3 is 2.70 bits per heavy atom. The van der Waals surface area contributed by atoms with Gasteiger partial charge in [-0.05, 0) is 22.8 Å². The van der Waals surface area contributed by atoms with Crippen LogP contribution in [0.15, 0.2) is 48.5 Å². The summed E-state index contributed by atoms with van der Waals surface area (Å²) in [6, 6.07) is 14.3. The molecule has 1 unspecified atom stereocenters. The molecule has 23 heavy (non-hydrogen) atoms. The van der Waals surface area contributed by atoms with Crippen LogP contribution < -0.4 is 5.32 Å². The van der Waals surface area contributed by atoms with Crippen LogP contribution in [0.4, 0.5) is 0 Å². The Balaban J connectivity index is 1.81. The average Bonchev–Trinajstić information content (AvgIpc) is 2.55. The van der Waals surface area contributed by atoms with Crippen LogP contribution in [0, 0.1) is 0 Å². The molecule has 2 aromatic rings. The molecule has 0 fully saturated rings. The molecule has 0 saturated carbocycles. The third kappa shape index (κ3) is 3.08. The van der Waals surface area contributed by atoms with Crippen molar-refractivity contribution in [1.82, 2.24) is 10.2 Å². The summed E-state index contributed by atoms with van der Waals surface area (Å²) < 4.78 is 0. The Labute approximate surface area is 140 Å². The number of halogens is 1. The lowest BCUT2D eigenvalue weighted by Gasteiger charge is -2.33. The molecule has 4 nitrogen and oxygen atoms in total. The van der Waals surface area contributed by atoms with E-state index in [0.717, 1.165) is 16.7 Å². The molecule has 1 atom stereocenters. The number of hydrogen-bond acceptors (Lipinski definition) is 2. The van der Waals surface area contributed by atoms with Gasteiger partial charge in [0.1, 0.15) is 6.04 Å². The van der Waals surface area contributed by atoms with Gasteiger partial charge in [0.25, 0.3) is 0 Å². The van der Waals surface area contributed by atoms with Crippen molar-refractivity contribution < 1.29 is 9.59 Å². The van der Waals surface area contributed by atoms with Crippen molar-refractivity contribution in [2.75, 3.05) is 7.05 Å². The molecule has 1 N–H and O–H groups in total. The minimum absolute atomic E-state index is 0.0541. The summed E-state index contributed by atoms with van der Waals surface area (Å²) in [5, 5.41) is 3.50. The number of nitrogens with zero attached hydrogens (tertiary/aromatic N) is 1. The monoisotopic (exact) mass is 328 g/mol. The number of carbonyl (C=O) groups excluding carboxylic acids is 2. The van der Waals surface area contributed by atoms with E-state index >= 15 is 0 Å². The van der Waals surface area contributed by atoms with E-state index in [9.17, 15) is 9.59 Å². The molecular formula is C18H17ClN2O2. The van der Waals surface area contributed by atoms with Gasteiger partial charge in [-0.3, -0.25) is 9.59 Å². The van der Waals surface area contributed by atoms with Crippen LogP contribution in [-0.4, -0.2) is 23.8 Å². The molecule has 0 saturated heterocycles. The minimum Gasteiger partial charge on any atom is -0.350 e. The maximum atomic E-state index is 12.7. The summed E-state index contributed by atoms with van der Waals surface area (Å²) in [6.07, 6.45) is 0.334. The molecule has 0 bridgehead atoms. The van der Waals surface area contributed by atoms with Crippen molar-refractivity contribution >= 4 is 23.4 Å². The van der Waals surface area contributed by atoms with Gasteiger partial charge in [0.15, 0.2) is 0 Å². The van der Waals surface area contributed by atoms with Crippen LogP contribution in [0.1, 0.15) is 22.7 Å². The summed E-state index contributed by atoms with van der Waals surface area (Å²) >= 11 is 6.11. The van der Waals surface area contributed by atoms with E-state index in [1.54, 1.807) is 13.1 Å². The lowest BCUT2D eigenvalue weighted by molar-refractivity contribution is -0.140. The minimum atomic E-state index is -0.602. The van der Waals surface area contributed by atoms with E-state index in [1.807, 2.05) is 42.5 Å². The molecule has 2 amide bonds. The van der Waals surface area contributed by atoms with Gasteiger partial charge in [0.05, 0.1) is 6.42 Å². The fourth-order valence-electron chi connectivity index (χ4n) is 2.84. The van der Waals surface area contributed by atoms with E-state index in [4.69, 9.17) is 11.6 Å². The van der Waals surface area contributed by atoms with Crippen molar-refractivity contribution in [2.24, 2.45) is 0 Å². The Hall–Kier alpha value is -2.33. The quantitative estimate of drug-likeness (QED) is 0.941. The molecule has 0 radical (unpaired) electrons. The van der Waals surface area contributed by atoms with Gasteiger partial charge in [-0.2, -0.15) is 0 Å². The number of hydrogen-bond donors (Lipinski definition) is 1. The van der Waals surface area contributed by atoms with Crippen molar-refractivity contribution in [1.29, 1.82) is 0 Å². The van der Waals surface area contributed by atoms with Crippen molar-refractivity contribution in [3.05, 3.63) is 70.2 Å². The number of likely N-dealkylation sites (N-methyl/N-ethyl adjacent to an activating group) is 1. The molecule has 5 heteroatoms. The average molecular weight is 329 g/mol. The van der Waals surface area contributed by atoms with Gasteiger partial charge < -0.3 is 10.2 Å². The first-order valence-electron chi connectivity index (χ1n) is 7.42. The second kappa shape index (κ2) is 6.42. The van der Waals surface area contributed by atoms with Crippen LogP contribution in [0.25, 0.3) is 0 Å². The van der Waals surface area contributed by atoms with Crippen molar-refractivity contribution in [3.63, 3.8) is 0 Å². The Bertz CT molecular complexity index is 760. The maximum absolute atomic E-state index is 12.7. The fourth-order valence-corrected chi connectivity index (χ4v) is 3.04. The second-order valence-electron chi connectivity index (χ2n) is 5.59. The lowest BCUT2D eigenvalue weighted by Crippen LogP contribution is -2.45. The highest BCUT2D eigenvalue weighted by Gasteiger charge is 2.34. The molecule has 0 spiro atoms. The van der Waals surface area contributed by atoms with E-state index < -0.39 is 6.04 Å². The normalized spacial score (nSPS) is 16.9. The van der Waals surface area contributed by atoms with E-state index in [2.05, 4.69) is 5.32 Å². The molecule has 1 aliphatic heterocycles. The van der Waals surface area contributed by atoms with Gasteiger partial charge in [-0.1, -0.05) is 54.1 Å². The molecule has 0 aliphatic carbocycles. The molecule has 2 aromatic carbocycles. The molecule has 118 valence electrons.